The van der Waals surface area contributed by atoms with Crippen molar-refractivity contribution < 1.29 is 28.2 Å². The van der Waals surface area contributed by atoms with Gasteiger partial charge in [-0.2, -0.15) is 0 Å². The summed E-state index contributed by atoms with van der Waals surface area (Å²) in [6.07, 6.45) is 3.71. The number of phenols is 2. The van der Waals surface area contributed by atoms with Gasteiger partial charge in [-0.15, -0.1) is 0 Å². The van der Waals surface area contributed by atoms with Crippen LogP contribution in [0.3, 0.4) is 0 Å². The molecule has 0 amide bonds. The highest BCUT2D eigenvalue weighted by Gasteiger charge is 2.39. The second-order valence-electron chi connectivity index (χ2n) is 8.67. The lowest BCUT2D eigenvalue weighted by molar-refractivity contribution is -0.122. The summed E-state index contributed by atoms with van der Waals surface area (Å²) in [5.41, 5.74) is 3.64. The van der Waals surface area contributed by atoms with Gasteiger partial charge in [0.15, 0.2) is 5.78 Å². The molecule has 3 aliphatic rings. The number of carbonyl (C=O) groups excluding carboxylic acids is 1. The third-order valence-corrected chi connectivity index (χ3v) is 6.48. The first-order valence-corrected chi connectivity index (χ1v) is 11.0. The van der Waals surface area contributed by atoms with Gasteiger partial charge in [-0.3, -0.25) is 4.79 Å². The Morgan fingerprint density at radius 2 is 1.50 bits per heavy atom. The topological polar surface area (TPSA) is 57.5 Å². The molecule has 6 heteroatoms. The summed E-state index contributed by atoms with van der Waals surface area (Å²) in [6, 6.07) is 13.3. The molecule has 3 aliphatic carbocycles. The third-order valence-electron chi connectivity index (χ3n) is 6.48. The molecule has 0 saturated carbocycles. The molecule has 0 radical (unpaired) electrons. The van der Waals surface area contributed by atoms with E-state index >= 15 is 0 Å². The van der Waals surface area contributed by atoms with Crippen LogP contribution in [0.15, 0.2) is 95.6 Å². The average molecular weight is 462 g/mol. The first kappa shape index (κ1) is 22.0. The minimum Gasteiger partial charge on any atom is -0.508 e. The normalized spacial score (nSPS) is 24.3. The fourth-order valence-electron chi connectivity index (χ4n) is 4.82. The predicted molar refractivity (Wildman–Crippen MR) is 124 cm³/mol. The smallest absolute Gasteiger partial charge is 0.151 e. The number of allylic oxidation sites excluding steroid dienone is 10. The summed E-state index contributed by atoms with van der Waals surface area (Å²) in [4.78, 5) is 13.2. The maximum absolute atomic E-state index is 14.4. The zero-order chi connectivity index (χ0) is 24.0. The summed E-state index contributed by atoms with van der Waals surface area (Å²) in [5.74, 6) is -3.11. The van der Waals surface area contributed by atoms with Crippen LogP contribution in [0, 0.1) is 11.8 Å². The lowest BCUT2D eigenvalue weighted by Gasteiger charge is -2.23. The molecule has 0 aromatic heterocycles. The molecule has 172 valence electrons. The Morgan fingerprint density at radius 3 is 2.12 bits per heavy atom. The molecule has 0 heterocycles. The van der Waals surface area contributed by atoms with Crippen LogP contribution in [0.25, 0.3) is 11.1 Å². The SMILES string of the molecule is O=C1C(CC2=C(F)CC(F)C=C2F)C=C2C(c3ccc(O)cc3)=C(c3ccc(O)cc3)C=CC12. The maximum Gasteiger partial charge on any atom is 0.151 e. The quantitative estimate of drug-likeness (QED) is 0.543. The van der Waals surface area contributed by atoms with E-state index in [2.05, 4.69) is 0 Å². The highest BCUT2D eigenvalue weighted by Crippen LogP contribution is 2.47. The molecule has 5 rings (SSSR count). The van der Waals surface area contributed by atoms with E-state index in [-0.39, 0.29) is 29.3 Å². The van der Waals surface area contributed by atoms with Crippen molar-refractivity contribution in [2.45, 2.75) is 19.0 Å². The van der Waals surface area contributed by atoms with Gasteiger partial charge >= 0.3 is 0 Å². The molecule has 0 spiro atoms. The minimum absolute atomic E-state index is 0.0981. The largest absolute Gasteiger partial charge is 0.508 e. The number of Topliss-reactive ketones (excluding diaryl/α,β-unsaturated/α-hetero) is 1. The summed E-state index contributed by atoms with van der Waals surface area (Å²) >= 11 is 0. The molecule has 2 N–H and O–H groups in total. The lowest BCUT2D eigenvalue weighted by atomic mass is 9.80. The Morgan fingerprint density at radius 1 is 0.882 bits per heavy atom. The fraction of sp³-hybridized carbons (Fsp3) is 0.179. The van der Waals surface area contributed by atoms with Crippen LogP contribution in [0.2, 0.25) is 0 Å². The molecule has 3 atom stereocenters. The van der Waals surface area contributed by atoms with Gasteiger partial charge in [0.25, 0.3) is 0 Å². The molecule has 34 heavy (non-hydrogen) atoms. The zero-order valence-electron chi connectivity index (χ0n) is 18.0. The molecule has 2 aromatic carbocycles. The Labute approximate surface area is 194 Å². The van der Waals surface area contributed by atoms with Gasteiger partial charge in [0.05, 0.1) is 5.92 Å². The number of carbonyl (C=O) groups is 1. The van der Waals surface area contributed by atoms with Gasteiger partial charge < -0.3 is 10.2 Å². The van der Waals surface area contributed by atoms with Gasteiger partial charge in [-0.1, -0.05) is 42.5 Å². The van der Waals surface area contributed by atoms with Gasteiger partial charge in [-0.25, -0.2) is 13.2 Å². The number of fused-ring (bicyclic) bond motifs is 1. The van der Waals surface area contributed by atoms with Crippen LogP contribution < -0.4 is 0 Å². The minimum atomic E-state index is -1.70. The molecule has 2 aromatic rings. The summed E-state index contributed by atoms with van der Waals surface area (Å²) in [6.45, 7) is 0. The molecule has 0 bridgehead atoms. The number of hydrogen-bond acceptors (Lipinski definition) is 3. The number of aromatic hydroxyl groups is 2. The molecule has 3 unspecified atom stereocenters. The van der Waals surface area contributed by atoms with Crippen LogP contribution >= 0.6 is 0 Å². The highest BCUT2D eigenvalue weighted by atomic mass is 19.2. The average Bonchev–Trinajstić information content (AvgIpc) is 3.12. The monoisotopic (exact) mass is 462 g/mol. The second-order valence-corrected chi connectivity index (χ2v) is 8.67. The molecule has 0 fully saturated rings. The molecule has 0 saturated heterocycles. The Hall–Kier alpha value is -3.80. The number of hydrogen-bond donors (Lipinski definition) is 2. The maximum atomic E-state index is 14.4. The first-order chi connectivity index (χ1) is 16.3. The van der Waals surface area contributed by atoms with E-state index in [1.165, 1.54) is 0 Å². The first-order valence-electron chi connectivity index (χ1n) is 11.0. The van der Waals surface area contributed by atoms with E-state index in [4.69, 9.17) is 0 Å². The standard InChI is InChI=1S/C28H21F3O3/c29-18-13-25(30)24(26(31)14-18)12-17-11-23-22(28(17)34)10-9-21(15-1-5-19(32)6-2-15)27(23)16-3-7-20(33)8-4-16/h1-11,13,17-18,22,32-33H,12,14H2. The van der Waals surface area contributed by atoms with E-state index < -0.39 is 36.1 Å². The molecule has 0 aliphatic heterocycles. The lowest BCUT2D eigenvalue weighted by Crippen LogP contribution is -2.19. The number of phenolic OH excluding ortho intramolecular Hbond substituents is 2. The van der Waals surface area contributed by atoms with Gasteiger partial charge in [0.2, 0.25) is 0 Å². The number of halogens is 3. The highest BCUT2D eigenvalue weighted by molar-refractivity contribution is 6.10. The molecule has 3 nitrogen and oxygen atoms in total. The predicted octanol–water partition coefficient (Wildman–Crippen LogP) is 6.53. The number of ketones is 1. The summed E-state index contributed by atoms with van der Waals surface area (Å²) < 4.78 is 42.1. The van der Waals surface area contributed by atoms with E-state index in [9.17, 15) is 28.2 Å². The Balaban J connectivity index is 1.60. The van der Waals surface area contributed by atoms with Crippen LogP contribution in [0.4, 0.5) is 13.2 Å². The number of benzene rings is 2. The van der Waals surface area contributed by atoms with Gasteiger partial charge in [0.1, 0.15) is 29.3 Å². The number of alkyl halides is 1. The van der Waals surface area contributed by atoms with Crippen LogP contribution in [0.1, 0.15) is 24.0 Å². The van der Waals surface area contributed by atoms with Crippen LogP contribution in [-0.4, -0.2) is 22.2 Å². The van der Waals surface area contributed by atoms with Crippen molar-refractivity contribution in [1.29, 1.82) is 0 Å². The van der Waals surface area contributed by atoms with Crippen molar-refractivity contribution in [2.24, 2.45) is 11.8 Å². The van der Waals surface area contributed by atoms with Crippen molar-refractivity contribution in [3.8, 4) is 11.5 Å². The van der Waals surface area contributed by atoms with E-state index in [1.54, 1.807) is 60.7 Å². The summed E-state index contributed by atoms with van der Waals surface area (Å²) in [5, 5.41) is 19.4. The second kappa shape index (κ2) is 8.52. The van der Waals surface area contributed by atoms with E-state index in [0.29, 0.717) is 0 Å². The summed E-state index contributed by atoms with van der Waals surface area (Å²) in [7, 11) is 0. The van der Waals surface area contributed by atoms with Crippen molar-refractivity contribution in [3.05, 3.63) is 107 Å². The van der Waals surface area contributed by atoms with Crippen molar-refractivity contribution >= 4 is 16.9 Å². The number of rotatable bonds is 4. The Kier molecular flexibility index (Phi) is 5.52. The van der Waals surface area contributed by atoms with Crippen molar-refractivity contribution in [2.75, 3.05) is 0 Å². The van der Waals surface area contributed by atoms with E-state index in [1.807, 2.05) is 6.08 Å². The van der Waals surface area contributed by atoms with Crippen molar-refractivity contribution in [1.82, 2.24) is 0 Å². The van der Waals surface area contributed by atoms with Crippen LogP contribution in [0.5, 0.6) is 11.5 Å². The third kappa shape index (κ3) is 3.89. The van der Waals surface area contributed by atoms with Crippen molar-refractivity contribution in [3.63, 3.8) is 0 Å². The zero-order valence-corrected chi connectivity index (χ0v) is 18.0. The fourth-order valence-corrected chi connectivity index (χ4v) is 4.82. The molecular formula is C28H21F3O3. The van der Waals surface area contributed by atoms with Gasteiger partial charge in [-0.05, 0) is 64.6 Å². The molecular weight excluding hydrogens is 441 g/mol. The van der Waals surface area contributed by atoms with Gasteiger partial charge in [0, 0.05) is 17.9 Å². The van der Waals surface area contributed by atoms with E-state index in [0.717, 1.165) is 33.9 Å². The Bertz CT molecular complexity index is 1310. The van der Waals surface area contributed by atoms with Crippen LogP contribution in [-0.2, 0) is 4.79 Å².